The molecule has 0 saturated carbocycles. The number of fused-ring (bicyclic) bond motifs is 1. The van der Waals surface area contributed by atoms with Crippen molar-refractivity contribution in [1.29, 1.82) is 0 Å². The number of aromatic amines is 1. The monoisotopic (exact) mass is 245 g/mol. The SMILES string of the molecule is CCNC(=O)C(C)NCc1ccc2cc[nH]c2c1. The summed E-state index contributed by atoms with van der Waals surface area (Å²) in [6.07, 6.45) is 1.93. The molecule has 1 atom stereocenters. The largest absolute Gasteiger partial charge is 0.361 e. The van der Waals surface area contributed by atoms with Crippen molar-refractivity contribution < 1.29 is 4.79 Å². The summed E-state index contributed by atoms with van der Waals surface area (Å²) >= 11 is 0. The van der Waals surface area contributed by atoms with E-state index in [1.165, 1.54) is 10.9 Å². The van der Waals surface area contributed by atoms with Crippen molar-refractivity contribution >= 4 is 16.8 Å². The van der Waals surface area contributed by atoms with E-state index in [1.54, 1.807) is 0 Å². The molecule has 18 heavy (non-hydrogen) atoms. The number of nitrogens with one attached hydrogen (secondary N) is 3. The molecule has 1 aromatic heterocycles. The third-order valence-corrected chi connectivity index (χ3v) is 2.98. The fourth-order valence-corrected chi connectivity index (χ4v) is 1.90. The van der Waals surface area contributed by atoms with E-state index in [0.29, 0.717) is 13.1 Å². The summed E-state index contributed by atoms with van der Waals surface area (Å²) in [7, 11) is 0. The molecule has 4 nitrogen and oxygen atoms in total. The number of rotatable bonds is 5. The molecule has 0 spiro atoms. The molecule has 1 heterocycles. The van der Waals surface area contributed by atoms with Crippen LogP contribution in [0.1, 0.15) is 19.4 Å². The van der Waals surface area contributed by atoms with Crippen molar-refractivity contribution in [2.24, 2.45) is 0 Å². The van der Waals surface area contributed by atoms with Crippen LogP contribution in [0, 0.1) is 0 Å². The van der Waals surface area contributed by atoms with Gasteiger partial charge in [0.2, 0.25) is 5.91 Å². The lowest BCUT2D eigenvalue weighted by Gasteiger charge is -2.13. The minimum Gasteiger partial charge on any atom is -0.361 e. The Hall–Kier alpha value is -1.81. The fraction of sp³-hybridized carbons (Fsp3) is 0.357. The van der Waals surface area contributed by atoms with Gasteiger partial charge < -0.3 is 15.6 Å². The number of H-pyrrole nitrogens is 1. The molecule has 0 aliphatic rings. The van der Waals surface area contributed by atoms with E-state index in [2.05, 4.69) is 33.8 Å². The van der Waals surface area contributed by atoms with Gasteiger partial charge in [0.05, 0.1) is 6.04 Å². The topological polar surface area (TPSA) is 56.9 Å². The summed E-state index contributed by atoms with van der Waals surface area (Å²) in [5.41, 5.74) is 2.29. The van der Waals surface area contributed by atoms with Crippen molar-refractivity contribution in [3.05, 3.63) is 36.0 Å². The number of hydrogen-bond donors (Lipinski definition) is 3. The van der Waals surface area contributed by atoms with E-state index < -0.39 is 0 Å². The third-order valence-electron chi connectivity index (χ3n) is 2.98. The number of benzene rings is 1. The van der Waals surface area contributed by atoms with Crippen LogP contribution < -0.4 is 10.6 Å². The van der Waals surface area contributed by atoms with Crippen LogP contribution in [0.2, 0.25) is 0 Å². The van der Waals surface area contributed by atoms with Crippen LogP contribution in [0.15, 0.2) is 30.5 Å². The van der Waals surface area contributed by atoms with Gasteiger partial charge in [-0.15, -0.1) is 0 Å². The molecule has 4 heteroatoms. The zero-order valence-corrected chi connectivity index (χ0v) is 10.8. The van der Waals surface area contributed by atoms with Gasteiger partial charge in [-0.25, -0.2) is 0 Å². The first kappa shape index (κ1) is 12.6. The van der Waals surface area contributed by atoms with Gasteiger partial charge in [-0.3, -0.25) is 4.79 Å². The second kappa shape index (κ2) is 5.69. The first-order valence-corrected chi connectivity index (χ1v) is 6.28. The molecule has 96 valence electrons. The second-order valence-corrected chi connectivity index (χ2v) is 4.40. The van der Waals surface area contributed by atoms with Gasteiger partial charge in [0, 0.05) is 24.8 Å². The normalized spacial score (nSPS) is 12.6. The number of carbonyl (C=O) groups is 1. The molecular weight excluding hydrogens is 226 g/mol. The van der Waals surface area contributed by atoms with Gasteiger partial charge >= 0.3 is 0 Å². The van der Waals surface area contributed by atoms with Crippen molar-refractivity contribution in [1.82, 2.24) is 15.6 Å². The van der Waals surface area contributed by atoms with Crippen LogP contribution in [0.4, 0.5) is 0 Å². The first-order valence-electron chi connectivity index (χ1n) is 6.28. The molecule has 0 bridgehead atoms. The number of hydrogen-bond acceptors (Lipinski definition) is 2. The van der Waals surface area contributed by atoms with Crippen LogP contribution in [0.5, 0.6) is 0 Å². The predicted molar refractivity (Wildman–Crippen MR) is 73.3 cm³/mol. The zero-order valence-electron chi connectivity index (χ0n) is 10.8. The van der Waals surface area contributed by atoms with Gasteiger partial charge in [-0.05, 0) is 36.9 Å². The molecule has 1 unspecified atom stereocenters. The Balaban J connectivity index is 1.95. The first-order chi connectivity index (χ1) is 8.70. The summed E-state index contributed by atoms with van der Waals surface area (Å²) < 4.78 is 0. The Morgan fingerprint density at radius 3 is 3.00 bits per heavy atom. The lowest BCUT2D eigenvalue weighted by atomic mass is 10.1. The Morgan fingerprint density at radius 1 is 1.39 bits per heavy atom. The van der Waals surface area contributed by atoms with Crippen LogP contribution in [0.3, 0.4) is 0 Å². The molecule has 0 aliphatic heterocycles. The quantitative estimate of drug-likeness (QED) is 0.752. The van der Waals surface area contributed by atoms with Gasteiger partial charge in [-0.1, -0.05) is 12.1 Å². The molecule has 0 aliphatic carbocycles. The van der Waals surface area contributed by atoms with Crippen molar-refractivity contribution in [2.75, 3.05) is 6.54 Å². The van der Waals surface area contributed by atoms with Crippen molar-refractivity contribution in [3.8, 4) is 0 Å². The van der Waals surface area contributed by atoms with Gasteiger partial charge in [0.1, 0.15) is 0 Å². The molecule has 2 aromatic rings. The number of carbonyl (C=O) groups excluding carboxylic acids is 1. The Labute approximate surface area is 107 Å². The van der Waals surface area contributed by atoms with Crippen molar-refractivity contribution in [3.63, 3.8) is 0 Å². The Morgan fingerprint density at radius 2 is 2.22 bits per heavy atom. The average molecular weight is 245 g/mol. The fourth-order valence-electron chi connectivity index (χ4n) is 1.90. The van der Waals surface area contributed by atoms with E-state index in [9.17, 15) is 4.79 Å². The van der Waals surface area contributed by atoms with Gasteiger partial charge in [0.15, 0.2) is 0 Å². The number of aromatic nitrogens is 1. The third kappa shape index (κ3) is 2.90. The van der Waals surface area contributed by atoms with E-state index >= 15 is 0 Å². The smallest absolute Gasteiger partial charge is 0.236 e. The molecule has 3 N–H and O–H groups in total. The van der Waals surface area contributed by atoms with Gasteiger partial charge in [-0.2, -0.15) is 0 Å². The summed E-state index contributed by atoms with van der Waals surface area (Å²) in [4.78, 5) is 14.7. The van der Waals surface area contributed by atoms with Crippen LogP contribution in [-0.4, -0.2) is 23.5 Å². The summed E-state index contributed by atoms with van der Waals surface area (Å²) in [6.45, 7) is 5.15. The van der Waals surface area contributed by atoms with E-state index in [0.717, 1.165) is 5.52 Å². The number of likely N-dealkylation sites (N-methyl/N-ethyl adjacent to an activating group) is 1. The van der Waals surface area contributed by atoms with Crippen LogP contribution >= 0.6 is 0 Å². The molecule has 0 fully saturated rings. The molecule has 1 amide bonds. The Bertz CT molecular complexity index is 533. The molecule has 1 aromatic carbocycles. The maximum Gasteiger partial charge on any atom is 0.236 e. The maximum absolute atomic E-state index is 11.6. The molecule has 2 rings (SSSR count). The number of amides is 1. The highest BCUT2D eigenvalue weighted by molar-refractivity contribution is 5.81. The highest BCUT2D eigenvalue weighted by Crippen LogP contribution is 2.13. The average Bonchev–Trinajstić information content (AvgIpc) is 2.83. The zero-order chi connectivity index (χ0) is 13.0. The molecule has 0 saturated heterocycles. The summed E-state index contributed by atoms with van der Waals surface area (Å²) in [5, 5.41) is 7.22. The molecular formula is C14H19N3O. The maximum atomic E-state index is 11.6. The summed E-state index contributed by atoms with van der Waals surface area (Å²) in [6, 6.07) is 8.13. The minimum absolute atomic E-state index is 0.0402. The Kier molecular flexibility index (Phi) is 3.99. The summed E-state index contributed by atoms with van der Waals surface area (Å²) in [5.74, 6) is 0.0402. The lowest BCUT2D eigenvalue weighted by Crippen LogP contribution is -2.41. The second-order valence-electron chi connectivity index (χ2n) is 4.40. The van der Waals surface area contributed by atoms with Crippen LogP contribution in [-0.2, 0) is 11.3 Å². The predicted octanol–water partition coefficient (Wildman–Crippen LogP) is 1.78. The minimum atomic E-state index is -0.177. The highest BCUT2D eigenvalue weighted by atomic mass is 16.2. The molecule has 0 radical (unpaired) electrons. The van der Waals surface area contributed by atoms with E-state index in [4.69, 9.17) is 0 Å². The van der Waals surface area contributed by atoms with E-state index in [-0.39, 0.29) is 11.9 Å². The standard InChI is InChI=1S/C14H19N3O/c1-3-15-14(18)10(2)17-9-11-4-5-12-6-7-16-13(12)8-11/h4-8,10,16-17H,3,9H2,1-2H3,(H,15,18). The van der Waals surface area contributed by atoms with E-state index in [1.807, 2.05) is 26.1 Å². The highest BCUT2D eigenvalue weighted by Gasteiger charge is 2.10. The lowest BCUT2D eigenvalue weighted by molar-refractivity contribution is -0.122. The van der Waals surface area contributed by atoms with Gasteiger partial charge in [0.25, 0.3) is 0 Å². The van der Waals surface area contributed by atoms with Crippen LogP contribution in [0.25, 0.3) is 10.9 Å². The van der Waals surface area contributed by atoms with Crippen molar-refractivity contribution in [2.45, 2.75) is 26.4 Å².